The molecule has 1 saturated heterocycles. The van der Waals surface area contributed by atoms with E-state index < -0.39 is 12.1 Å². The number of benzene rings is 1. The van der Waals surface area contributed by atoms with Crippen LogP contribution in [0.25, 0.3) is 10.9 Å². The molecular weight excluding hydrogens is 356 g/mol. The van der Waals surface area contributed by atoms with Crippen molar-refractivity contribution in [2.24, 2.45) is 0 Å². The van der Waals surface area contributed by atoms with Crippen molar-refractivity contribution in [1.82, 2.24) is 9.88 Å². The first kappa shape index (κ1) is 19.0. The highest BCUT2D eigenvalue weighted by Crippen LogP contribution is 2.30. The average Bonchev–Trinajstić information content (AvgIpc) is 3.04. The lowest BCUT2D eigenvalue weighted by Gasteiger charge is -2.36. The quantitative estimate of drug-likeness (QED) is 0.825. The van der Waals surface area contributed by atoms with Gasteiger partial charge in [-0.25, -0.2) is 4.79 Å². The molecule has 2 aliphatic rings. The molecule has 1 N–H and O–H groups in total. The number of ether oxygens (including phenoxy) is 2. The molecule has 1 aromatic carbocycles. The lowest BCUT2D eigenvalue weighted by atomic mass is 9.95. The molecule has 4 rings (SSSR count). The third kappa shape index (κ3) is 3.65. The second-order valence-electron chi connectivity index (χ2n) is 8.10. The number of morpholine rings is 1. The summed E-state index contributed by atoms with van der Waals surface area (Å²) in [5.74, 6) is -0.627. The van der Waals surface area contributed by atoms with E-state index in [1.54, 1.807) is 17.9 Å². The molecule has 1 fully saturated rings. The zero-order valence-electron chi connectivity index (χ0n) is 16.8. The van der Waals surface area contributed by atoms with Gasteiger partial charge in [-0.3, -0.25) is 4.79 Å². The lowest BCUT2D eigenvalue weighted by Crippen LogP contribution is -2.51. The third-order valence-corrected chi connectivity index (χ3v) is 5.70. The summed E-state index contributed by atoms with van der Waals surface area (Å²) in [7, 11) is 0. The van der Waals surface area contributed by atoms with Crippen molar-refractivity contribution in [2.75, 3.05) is 13.1 Å². The van der Waals surface area contributed by atoms with E-state index in [0.717, 1.165) is 23.7 Å². The van der Waals surface area contributed by atoms with Gasteiger partial charge in [0.2, 0.25) is 0 Å². The summed E-state index contributed by atoms with van der Waals surface area (Å²) in [6.07, 6.45) is 3.63. The predicted molar refractivity (Wildman–Crippen MR) is 106 cm³/mol. The van der Waals surface area contributed by atoms with Crippen LogP contribution < -0.4 is 0 Å². The van der Waals surface area contributed by atoms with E-state index in [4.69, 9.17) is 9.47 Å². The van der Waals surface area contributed by atoms with Crippen molar-refractivity contribution in [3.8, 4) is 0 Å². The minimum atomic E-state index is -0.819. The highest BCUT2D eigenvalue weighted by atomic mass is 16.5. The molecule has 1 aliphatic heterocycles. The highest BCUT2D eigenvalue weighted by molar-refractivity contribution is 5.97. The second kappa shape index (κ2) is 7.59. The van der Waals surface area contributed by atoms with Gasteiger partial charge in [-0.2, -0.15) is 0 Å². The number of H-pyrrole nitrogens is 1. The van der Waals surface area contributed by atoms with Gasteiger partial charge in [-0.05, 0) is 70.2 Å². The number of carbonyl (C=O) groups is 2. The van der Waals surface area contributed by atoms with E-state index in [1.165, 1.54) is 24.1 Å². The number of nitrogens with one attached hydrogen (secondary N) is 1. The summed E-state index contributed by atoms with van der Waals surface area (Å²) < 4.78 is 11.2. The Morgan fingerprint density at radius 1 is 1.18 bits per heavy atom. The maximum atomic E-state index is 12.7. The van der Waals surface area contributed by atoms with Crippen LogP contribution in [0.5, 0.6) is 0 Å². The van der Waals surface area contributed by atoms with Crippen LogP contribution in [0.4, 0.5) is 0 Å². The van der Waals surface area contributed by atoms with Gasteiger partial charge in [0.25, 0.3) is 5.91 Å². The molecule has 0 unspecified atom stereocenters. The summed E-state index contributed by atoms with van der Waals surface area (Å²) in [5.41, 5.74) is 4.15. The van der Waals surface area contributed by atoms with Crippen LogP contribution in [0.15, 0.2) is 18.2 Å². The van der Waals surface area contributed by atoms with Gasteiger partial charge in [-0.15, -0.1) is 0 Å². The van der Waals surface area contributed by atoms with Crippen LogP contribution in [0, 0.1) is 0 Å². The molecule has 1 aromatic heterocycles. The molecule has 1 amide bonds. The molecule has 1 aliphatic carbocycles. The minimum absolute atomic E-state index is 0.0159. The molecule has 150 valence electrons. The fourth-order valence-electron chi connectivity index (χ4n) is 4.43. The van der Waals surface area contributed by atoms with Crippen molar-refractivity contribution in [1.29, 1.82) is 0 Å². The minimum Gasteiger partial charge on any atom is -0.449 e. The molecule has 0 saturated carbocycles. The fourth-order valence-corrected chi connectivity index (χ4v) is 4.43. The first-order valence-corrected chi connectivity index (χ1v) is 10.2. The Hall–Kier alpha value is -2.34. The smallest absolute Gasteiger partial charge is 0.338 e. The number of nitrogens with zero attached hydrogens (tertiary/aromatic N) is 1. The van der Waals surface area contributed by atoms with Gasteiger partial charge in [0.15, 0.2) is 6.10 Å². The number of aryl methyl sites for hydroxylation is 2. The number of hydrogen-bond donors (Lipinski definition) is 1. The van der Waals surface area contributed by atoms with Crippen molar-refractivity contribution in [3.05, 3.63) is 35.0 Å². The van der Waals surface area contributed by atoms with Crippen molar-refractivity contribution >= 4 is 22.8 Å². The summed E-state index contributed by atoms with van der Waals surface area (Å²) in [5, 5.41) is 1.10. The molecule has 0 bridgehead atoms. The Morgan fingerprint density at radius 3 is 2.64 bits per heavy atom. The van der Waals surface area contributed by atoms with Crippen LogP contribution in [0.3, 0.4) is 0 Å². The number of rotatable bonds is 3. The van der Waals surface area contributed by atoms with Gasteiger partial charge in [0.05, 0.1) is 17.8 Å². The Kier molecular flexibility index (Phi) is 5.15. The van der Waals surface area contributed by atoms with E-state index in [-0.39, 0.29) is 18.1 Å². The SMILES string of the molecule is C[C@@H]1CN(C(=O)[C@H](C)OC(=O)c2ccc3[nH]c4c(c3c2)CCCC4)C[C@H](C)O1. The Morgan fingerprint density at radius 2 is 1.89 bits per heavy atom. The molecule has 6 nitrogen and oxygen atoms in total. The maximum absolute atomic E-state index is 12.7. The van der Waals surface area contributed by atoms with Crippen molar-refractivity contribution in [3.63, 3.8) is 0 Å². The maximum Gasteiger partial charge on any atom is 0.338 e. The second-order valence-corrected chi connectivity index (χ2v) is 8.10. The number of esters is 1. The zero-order chi connectivity index (χ0) is 19.8. The molecule has 0 spiro atoms. The summed E-state index contributed by atoms with van der Waals surface area (Å²) >= 11 is 0. The molecule has 0 radical (unpaired) electrons. The molecule has 2 aromatic rings. The van der Waals surface area contributed by atoms with E-state index in [9.17, 15) is 9.59 Å². The van der Waals surface area contributed by atoms with Crippen LogP contribution in [-0.4, -0.2) is 53.2 Å². The van der Waals surface area contributed by atoms with E-state index in [0.29, 0.717) is 18.7 Å². The lowest BCUT2D eigenvalue weighted by molar-refractivity contribution is -0.151. The predicted octanol–water partition coefficient (Wildman–Crippen LogP) is 3.23. The fraction of sp³-hybridized carbons (Fsp3) is 0.545. The molecule has 3 atom stereocenters. The number of carbonyl (C=O) groups excluding carboxylic acids is 2. The number of amides is 1. The van der Waals surface area contributed by atoms with E-state index >= 15 is 0 Å². The molecule has 28 heavy (non-hydrogen) atoms. The number of hydrogen-bond acceptors (Lipinski definition) is 4. The van der Waals surface area contributed by atoms with Crippen LogP contribution in [-0.2, 0) is 27.1 Å². The standard InChI is InChI=1S/C22H28N2O4/c1-13-11-24(12-14(2)27-13)21(25)15(3)28-22(26)16-8-9-20-18(10-16)17-6-4-5-7-19(17)23-20/h8-10,13-15,23H,4-7,11-12H2,1-3H3/t13-,14+,15-/m0/s1. The molecular formula is C22H28N2O4. The van der Waals surface area contributed by atoms with Crippen molar-refractivity contribution < 1.29 is 19.1 Å². The topological polar surface area (TPSA) is 71.6 Å². The number of aromatic nitrogens is 1. The van der Waals surface area contributed by atoms with Gasteiger partial charge < -0.3 is 19.4 Å². The number of aromatic amines is 1. The molecule has 2 heterocycles. The van der Waals surface area contributed by atoms with Crippen LogP contribution in [0.2, 0.25) is 0 Å². The Bertz CT molecular complexity index is 893. The van der Waals surface area contributed by atoms with Crippen molar-refractivity contribution in [2.45, 2.75) is 64.8 Å². The average molecular weight is 384 g/mol. The highest BCUT2D eigenvalue weighted by Gasteiger charge is 2.30. The van der Waals surface area contributed by atoms with Gasteiger partial charge in [0.1, 0.15) is 0 Å². The van der Waals surface area contributed by atoms with Crippen LogP contribution >= 0.6 is 0 Å². The Labute approximate surface area is 165 Å². The van der Waals surface area contributed by atoms with E-state index in [2.05, 4.69) is 4.98 Å². The monoisotopic (exact) mass is 384 g/mol. The summed E-state index contributed by atoms with van der Waals surface area (Å²) in [6, 6.07) is 5.60. The largest absolute Gasteiger partial charge is 0.449 e. The van der Waals surface area contributed by atoms with Gasteiger partial charge in [-0.1, -0.05) is 0 Å². The zero-order valence-corrected chi connectivity index (χ0v) is 16.8. The Balaban J connectivity index is 1.47. The van der Waals surface area contributed by atoms with Gasteiger partial charge in [0, 0.05) is 29.7 Å². The first-order chi connectivity index (χ1) is 13.4. The normalized spacial score (nSPS) is 23.3. The van der Waals surface area contributed by atoms with E-state index in [1.807, 2.05) is 26.0 Å². The summed E-state index contributed by atoms with van der Waals surface area (Å²) in [4.78, 5) is 30.6. The molecule has 6 heteroatoms. The first-order valence-electron chi connectivity index (χ1n) is 10.2. The van der Waals surface area contributed by atoms with Gasteiger partial charge >= 0.3 is 5.97 Å². The summed E-state index contributed by atoms with van der Waals surface area (Å²) in [6.45, 7) is 6.57. The third-order valence-electron chi connectivity index (χ3n) is 5.70. The number of fused-ring (bicyclic) bond motifs is 3. The van der Waals surface area contributed by atoms with Crippen LogP contribution in [0.1, 0.15) is 55.2 Å².